The maximum absolute atomic E-state index is 13.5. The quantitative estimate of drug-likeness (QED) is 0.764. The number of rotatable bonds is 6. The first-order valence-electron chi connectivity index (χ1n) is 7.37. The minimum Gasteiger partial charge on any atom is -0.337 e. The van der Waals surface area contributed by atoms with E-state index in [2.05, 4.69) is 16.7 Å². The fourth-order valence-corrected chi connectivity index (χ4v) is 2.99. The van der Waals surface area contributed by atoms with E-state index in [1.54, 1.807) is 13.8 Å². The van der Waals surface area contributed by atoms with Crippen LogP contribution in [0.4, 0.5) is 4.39 Å². The van der Waals surface area contributed by atoms with Gasteiger partial charge in [-0.15, -0.1) is 0 Å². The lowest BCUT2D eigenvalue weighted by atomic mass is 9.98. The molecule has 0 radical (unpaired) electrons. The first kappa shape index (κ1) is 18.0. The van der Waals surface area contributed by atoms with Crippen molar-refractivity contribution in [1.82, 2.24) is 10.6 Å². The highest BCUT2D eigenvalue weighted by atomic mass is 35.5. The second kappa shape index (κ2) is 7.04. The lowest BCUT2D eigenvalue weighted by Crippen LogP contribution is -2.49. The van der Waals surface area contributed by atoms with Gasteiger partial charge in [0.05, 0.1) is 17.6 Å². The van der Waals surface area contributed by atoms with Crippen molar-refractivity contribution in [2.24, 2.45) is 5.92 Å². The van der Waals surface area contributed by atoms with Gasteiger partial charge in [-0.1, -0.05) is 23.2 Å². The molecule has 0 spiro atoms. The van der Waals surface area contributed by atoms with Crippen molar-refractivity contribution >= 4 is 29.1 Å². The first-order chi connectivity index (χ1) is 10.8. The maximum Gasteiger partial charge on any atom is 0.235 e. The highest BCUT2D eigenvalue weighted by molar-refractivity contribution is 6.35. The second-order valence-electron chi connectivity index (χ2n) is 6.03. The molecule has 4 nitrogen and oxygen atoms in total. The third-order valence-corrected chi connectivity index (χ3v) is 4.72. The van der Waals surface area contributed by atoms with Crippen LogP contribution in [0.1, 0.15) is 38.3 Å². The van der Waals surface area contributed by atoms with Crippen LogP contribution in [0, 0.1) is 23.1 Å². The van der Waals surface area contributed by atoms with Gasteiger partial charge in [0.1, 0.15) is 11.4 Å². The minimum absolute atomic E-state index is 0.00569. The Morgan fingerprint density at radius 1 is 1.48 bits per heavy atom. The van der Waals surface area contributed by atoms with Gasteiger partial charge in [0.25, 0.3) is 0 Å². The average Bonchev–Trinajstić information content (AvgIpc) is 3.33. The molecule has 0 saturated heterocycles. The Hall–Kier alpha value is -1.35. The van der Waals surface area contributed by atoms with Crippen LogP contribution in [0.5, 0.6) is 0 Å². The summed E-state index contributed by atoms with van der Waals surface area (Å²) in [5, 5.41) is 15.3. The molecule has 2 N–H and O–H groups in total. The number of amides is 1. The van der Waals surface area contributed by atoms with Gasteiger partial charge in [-0.05, 0) is 50.3 Å². The van der Waals surface area contributed by atoms with Gasteiger partial charge in [0, 0.05) is 11.1 Å². The fourth-order valence-electron chi connectivity index (χ4n) is 2.44. The third-order valence-electron chi connectivity index (χ3n) is 4.10. The molecule has 0 aliphatic heterocycles. The standard InChI is InChI=1S/C16H18Cl2FN3O/c1-9(11-5-14(19)13(18)6-12(11)17)21-7-15(23)22-16(2,8-20)10-3-4-10/h5-6,9-10,21H,3-4,7H2,1-2H3,(H,22,23)/t9-,16-/m1/s1. The van der Waals surface area contributed by atoms with Gasteiger partial charge in [0.15, 0.2) is 0 Å². The Morgan fingerprint density at radius 2 is 2.13 bits per heavy atom. The molecule has 1 amide bonds. The average molecular weight is 358 g/mol. The summed E-state index contributed by atoms with van der Waals surface area (Å²) in [4.78, 5) is 12.0. The fraction of sp³-hybridized carbons (Fsp3) is 0.500. The van der Waals surface area contributed by atoms with E-state index >= 15 is 0 Å². The number of carbonyl (C=O) groups is 1. The van der Waals surface area contributed by atoms with Gasteiger partial charge in [-0.2, -0.15) is 5.26 Å². The van der Waals surface area contributed by atoms with Crippen molar-refractivity contribution < 1.29 is 9.18 Å². The van der Waals surface area contributed by atoms with Crippen LogP contribution < -0.4 is 10.6 Å². The van der Waals surface area contributed by atoms with E-state index in [0.717, 1.165) is 12.8 Å². The number of nitriles is 1. The number of nitrogens with one attached hydrogen (secondary N) is 2. The van der Waals surface area contributed by atoms with Crippen molar-refractivity contribution in [2.45, 2.75) is 38.3 Å². The molecular weight excluding hydrogens is 340 g/mol. The Morgan fingerprint density at radius 3 is 2.70 bits per heavy atom. The lowest BCUT2D eigenvalue weighted by Gasteiger charge is -2.24. The van der Waals surface area contributed by atoms with Crippen LogP contribution in [0.25, 0.3) is 0 Å². The lowest BCUT2D eigenvalue weighted by molar-refractivity contribution is -0.121. The number of carbonyl (C=O) groups excluding carboxylic acids is 1. The summed E-state index contributed by atoms with van der Waals surface area (Å²) in [7, 11) is 0. The number of hydrogen-bond donors (Lipinski definition) is 2. The van der Waals surface area contributed by atoms with E-state index < -0.39 is 11.4 Å². The van der Waals surface area contributed by atoms with E-state index in [1.165, 1.54) is 12.1 Å². The first-order valence-corrected chi connectivity index (χ1v) is 8.12. The van der Waals surface area contributed by atoms with Gasteiger partial charge in [0.2, 0.25) is 5.91 Å². The summed E-state index contributed by atoms with van der Waals surface area (Å²) in [6.07, 6.45) is 1.90. The molecule has 1 aromatic rings. The highest BCUT2D eigenvalue weighted by Crippen LogP contribution is 2.39. The molecular formula is C16H18Cl2FN3O. The Kier molecular flexibility index (Phi) is 5.51. The zero-order chi connectivity index (χ0) is 17.2. The molecule has 1 aromatic carbocycles. The maximum atomic E-state index is 13.5. The van der Waals surface area contributed by atoms with Crippen molar-refractivity contribution in [1.29, 1.82) is 5.26 Å². The van der Waals surface area contributed by atoms with Crippen molar-refractivity contribution in [3.63, 3.8) is 0 Å². The molecule has 0 bridgehead atoms. The van der Waals surface area contributed by atoms with Crippen molar-refractivity contribution in [3.05, 3.63) is 33.6 Å². The predicted molar refractivity (Wildman–Crippen MR) is 87.7 cm³/mol. The topological polar surface area (TPSA) is 64.9 Å². The molecule has 1 aliphatic carbocycles. The summed E-state index contributed by atoms with van der Waals surface area (Å²) >= 11 is 11.7. The van der Waals surface area contributed by atoms with E-state index in [0.29, 0.717) is 10.6 Å². The number of benzene rings is 1. The Bertz CT molecular complexity index is 657. The van der Waals surface area contributed by atoms with Gasteiger partial charge in [-0.25, -0.2) is 4.39 Å². The monoisotopic (exact) mass is 357 g/mol. The second-order valence-corrected chi connectivity index (χ2v) is 6.84. The Balaban J connectivity index is 1.94. The molecule has 23 heavy (non-hydrogen) atoms. The molecule has 1 aliphatic rings. The minimum atomic E-state index is -0.827. The predicted octanol–water partition coefficient (Wildman–Crippen LogP) is 3.59. The Labute approximate surface area is 145 Å². The highest BCUT2D eigenvalue weighted by Gasteiger charge is 2.42. The molecule has 7 heteroatoms. The summed E-state index contributed by atoms with van der Waals surface area (Å²) < 4.78 is 13.5. The van der Waals surface area contributed by atoms with Crippen LogP contribution in [0.2, 0.25) is 10.0 Å². The van der Waals surface area contributed by atoms with Gasteiger partial charge >= 0.3 is 0 Å². The van der Waals surface area contributed by atoms with E-state index in [-0.39, 0.29) is 29.4 Å². The molecule has 0 aromatic heterocycles. The van der Waals surface area contributed by atoms with E-state index in [4.69, 9.17) is 23.2 Å². The van der Waals surface area contributed by atoms with E-state index in [9.17, 15) is 14.4 Å². The molecule has 2 atom stereocenters. The summed E-state index contributed by atoms with van der Waals surface area (Å²) in [5.74, 6) is -0.623. The summed E-state index contributed by atoms with van der Waals surface area (Å²) in [6, 6.07) is 4.42. The molecule has 1 fully saturated rings. The SMILES string of the molecule is C[C@@H](NCC(=O)N[C@](C)(C#N)C1CC1)c1cc(F)c(Cl)cc1Cl. The number of hydrogen-bond acceptors (Lipinski definition) is 3. The molecule has 124 valence electrons. The molecule has 1 saturated carbocycles. The zero-order valence-corrected chi connectivity index (χ0v) is 14.4. The number of nitrogens with zero attached hydrogens (tertiary/aromatic N) is 1. The molecule has 0 heterocycles. The van der Waals surface area contributed by atoms with Crippen LogP contribution in [0.15, 0.2) is 12.1 Å². The largest absolute Gasteiger partial charge is 0.337 e. The van der Waals surface area contributed by atoms with Crippen molar-refractivity contribution in [3.8, 4) is 6.07 Å². The van der Waals surface area contributed by atoms with Crippen LogP contribution >= 0.6 is 23.2 Å². The third kappa shape index (κ3) is 4.35. The summed E-state index contributed by atoms with van der Waals surface area (Å²) in [6.45, 7) is 3.51. The van der Waals surface area contributed by atoms with Crippen LogP contribution in [-0.2, 0) is 4.79 Å². The van der Waals surface area contributed by atoms with Crippen molar-refractivity contribution in [2.75, 3.05) is 6.54 Å². The van der Waals surface area contributed by atoms with Gasteiger partial charge in [-0.3, -0.25) is 4.79 Å². The smallest absolute Gasteiger partial charge is 0.235 e. The van der Waals surface area contributed by atoms with Gasteiger partial charge < -0.3 is 10.6 Å². The normalized spacial score (nSPS) is 17.9. The number of halogens is 3. The molecule has 2 rings (SSSR count). The zero-order valence-electron chi connectivity index (χ0n) is 12.9. The van der Waals surface area contributed by atoms with Crippen LogP contribution in [-0.4, -0.2) is 18.0 Å². The molecule has 0 unspecified atom stereocenters. The summed E-state index contributed by atoms with van der Waals surface area (Å²) in [5.41, 5.74) is -0.307. The van der Waals surface area contributed by atoms with Crippen LogP contribution in [0.3, 0.4) is 0 Å². The van der Waals surface area contributed by atoms with E-state index in [1.807, 2.05) is 0 Å².